The molecule has 7 nitrogen and oxygen atoms in total. The lowest BCUT2D eigenvalue weighted by atomic mass is 10.1. The molecule has 1 aromatic heterocycles. The molecule has 0 saturated carbocycles. The van der Waals surface area contributed by atoms with Crippen molar-refractivity contribution in [2.45, 2.75) is 19.4 Å². The van der Waals surface area contributed by atoms with Crippen LogP contribution in [-0.2, 0) is 11.3 Å². The molecule has 1 saturated heterocycles. The minimum absolute atomic E-state index is 0.0697. The van der Waals surface area contributed by atoms with Crippen molar-refractivity contribution < 1.29 is 14.3 Å². The van der Waals surface area contributed by atoms with Crippen LogP contribution in [0.5, 0.6) is 5.75 Å². The van der Waals surface area contributed by atoms with Crippen molar-refractivity contribution in [3.05, 3.63) is 72.3 Å². The molecule has 7 heteroatoms. The van der Waals surface area contributed by atoms with Crippen LogP contribution in [0, 0.1) is 0 Å². The molecule has 3 aromatic rings. The maximum atomic E-state index is 12.7. The van der Waals surface area contributed by atoms with E-state index >= 15 is 0 Å². The van der Waals surface area contributed by atoms with Crippen LogP contribution in [-0.4, -0.2) is 35.0 Å². The number of carbonyl (C=O) groups excluding carboxylic acids is 2. The van der Waals surface area contributed by atoms with Gasteiger partial charge in [-0.1, -0.05) is 12.1 Å². The van der Waals surface area contributed by atoms with Crippen LogP contribution in [0.3, 0.4) is 0 Å². The third-order valence-electron chi connectivity index (χ3n) is 4.94. The summed E-state index contributed by atoms with van der Waals surface area (Å²) in [7, 11) is 1.57. The van der Waals surface area contributed by atoms with Gasteiger partial charge in [0.1, 0.15) is 5.75 Å². The van der Waals surface area contributed by atoms with Crippen LogP contribution in [0.2, 0.25) is 0 Å². The Bertz CT molecular complexity index is 1010. The number of nitrogens with zero attached hydrogens (tertiary/aromatic N) is 3. The van der Waals surface area contributed by atoms with E-state index in [0.29, 0.717) is 42.2 Å². The number of amides is 2. The molecule has 0 unspecified atom stereocenters. The van der Waals surface area contributed by atoms with Crippen LogP contribution < -0.4 is 15.0 Å². The van der Waals surface area contributed by atoms with E-state index in [4.69, 9.17) is 4.74 Å². The molecule has 2 heterocycles. The second kappa shape index (κ2) is 8.18. The maximum Gasteiger partial charge on any atom is 0.255 e. The van der Waals surface area contributed by atoms with Gasteiger partial charge in [-0.15, -0.1) is 0 Å². The molecule has 148 valence electrons. The number of rotatable bonds is 6. The Kier molecular flexibility index (Phi) is 5.29. The molecule has 1 aliphatic rings. The van der Waals surface area contributed by atoms with Crippen molar-refractivity contribution in [2.24, 2.45) is 0 Å². The number of nitrogens with one attached hydrogen (secondary N) is 1. The van der Waals surface area contributed by atoms with Crippen LogP contribution in [0.25, 0.3) is 0 Å². The molecule has 2 amide bonds. The van der Waals surface area contributed by atoms with Crippen molar-refractivity contribution in [1.29, 1.82) is 0 Å². The highest BCUT2D eigenvalue weighted by molar-refractivity contribution is 6.05. The molecule has 29 heavy (non-hydrogen) atoms. The fourth-order valence-corrected chi connectivity index (χ4v) is 3.44. The van der Waals surface area contributed by atoms with E-state index in [0.717, 1.165) is 12.0 Å². The summed E-state index contributed by atoms with van der Waals surface area (Å²) < 4.78 is 7.36. The van der Waals surface area contributed by atoms with E-state index < -0.39 is 0 Å². The molecular weight excluding hydrogens is 368 g/mol. The summed E-state index contributed by atoms with van der Waals surface area (Å²) in [5, 5.41) is 2.91. The fourth-order valence-electron chi connectivity index (χ4n) is 3.44. The first-order valence-corrected chi connectivity index (χ1v) is 9.48. The number of imidazole rings is 1. The zero-order chi connectivity index (χ0) is 20.2. The highest BCUT2D eigenvalue weighted by atomic mass is 16.5. The summed E-state index contributed by atoms with van der Waals surface area (Å²) in [5.41, 5.74) is 2.95. The molecule has 1 N–H and O–H groups in total. The normalized spacial score (nSPS) is 13.6. The van der Waals surface area contributed by atoms with Crippen LogP contribution in [0.15, 0.2) is 61.2 Å². The van der Waals surface area contributed by atoms with Gasteiger partial charge in [-0.25, -0.2) is 4.98 Å². The van der Waals surface area contributed by atoms with Crippen LogP contribution in [0.1, 0.15) is 28.8 Å². The first-order valence-electron chi connectivity index (χ1n) is 9.48. The van der Waals surface area contributed by atoms with Gasteiger partial charge in [-0.05, 0) is 42.3 Å². The Morgan fingerprint density at radius 1 is 1.21 bits per heavy atom. The van der Waals surface area contributed by atoms with E-state index in [2.05, 4.69) is 10.3 Å². The number of carbonyl (C=O) groups is 2. The predicted molar refractivity (Wildman–Crippen MR) is 110 cm³/mol. The number of aromatic nitrogens is 2. The Balaban J connectivity index is 1.48. The van der Waals surface area contributed by atoms with Gasteiger partial charge < -0.3 is 19.5 Å². The second-order valence-corrected chi connectivity index (χ2v) is 6.92. The van der Waals surface area contributed by atoms with E-state index in [1.54, 1.807) is 54.9 Å². The Morgan fingerprint density at radius 2 is 2.03 bits per heavy atom. The summed E-state index contributed by atoms with van der Waals surface area (Å²) in [4.78, 5) is 30.5. The van der Waals surface area contributed by atoms with Crippen molar-refractivity contribution in [3.63, 3.8) is 0 Å². The largest absolute Gasteiger partial charge is 0.495 e. The molecule has 0 spiro atoms. The van der Waals surface area contributed by atoms with Crippen molar-refractivity contribution >= 4 is 23.2 Å². The van der Waals surface area contributed by atoms with E-state index in [-0.39, 0.29) is 11.8 Å². The number of hydrogen-bond donors (Lipinski definition) is 1. The van der Waals surface area contributed by atoms with Gasteiger partial charge >= 0.3 is 0 Å². The first kappa shape index (κ1) is 18.7. The maximum absolute atomic E-state index is 12.7. The van der Waals surface area contributed by atoms with Crippen LogP contribution in [0.4, 0.5) is 11.4 Å². The topological polar surface area (TPSA) is 76.5 Å². The number of ether oxygens (including phenoxy) is 1. The summed E-state index contributed by atoms with van der Waals surface area (Å²) in [5.74, 6) is 0.477. The van der Waals surface area contributed by atoms with Crippen molar-refractivity contribution in [2.75, 3.05) is 23.9 Å². The molecule has 4 rings (SSSR count). The molecule has 2 aromatic carbocycles. The van der Waals surface area contributed by atoms with Crippen molar-refractivity contribution in [1.82, 2.24) is 9.55 Å². The molecule has 0 atom stereocenters. The standard InChI is InChI=1S/C22H22N4O3/c1-29-20-9-8-18(13-19(20)26-11-2-3-21(26)27)24-22(28)17-6-4-16(5-7-17)14-25-12-10-23-15-25/h4-10,12-13,15H,2-3,11,14H2,1H3,(H,24,28). The zero-order valence-electron chi connectivity index (χ0n) is 16.2. The Hall–Kier alpha value is -3.61. The smallest absolute Gasteiger partial charge is 0.255 e. The summed E-state index contributed by atoms with van der Waals surface area (Å²) >= 11 is 0. The molecule has 0 radical (unpaired) electrons. The van der Waals surface area contributed by atoms with E-state index in [1.807, 2.05) is 22.9 Å². The average molecular weight is 390 g/mol. The highest BCUT2D eigenvalue weighted by Crippen LogP contribution is 2.34. The van der Waals surface area contributed by atoms with Gasteiger partial charge in [-0.3, -0.25) is 9.59 Å². The summed E-state index contributed by atoms with van der Waals surface area (Å²) in [6.07, 6.45) is 6.75. The van der Waals surface area contributed by atoms with Gasteiger partial charge in [0.2, 0.25) is 5.91 Å². The lowest BCUT2D eigenvalue weighted by Gasteiger charge is -2.20. The molecule has 0 bridgehead atoms. The SMILES string of the molecule is COc1ccc(NC(=O)c2ccc(Cn3ccnc3)cc2)cc1N1CCCC1=O. The second-order valence-electron chi connectivity index (χ2n) is 6.92. The van der Waals surface area contributed by atoms with Gasteiger partial charge in [0.15, 0.2) is 0 Å². The predicted octanol–water partition coefficient (Wildman–Crippen LogP) is 3.32. The fraction of sp³-hybridized carbons (Fsp3) is 0.227. The Labute approximate surface area is 168 Å². The van der Waals surface area contributed by atoms with E-state index in [9.17, 15) is 9.59 Å². The highest BCUT2D eigenvalue weighted by Gasteiger charge is 2.25. The summed E-state index contributed by atoms with van der Waals surface area (Å²) in [6.45, 7) is 1.36. The van der Waals surface area contributed by atoms with Crippen molar-refractivity contribution in [3.8, 4) is 5.75 Å². The number of benzene rings is 2. The summed E-state index contributed by atoms with van der Waals surface area (Å²) in [6, 6.07) is 12.8. The number of methoxy groups -OCH3 is 1. The zero-order valence-corrected chi connectivity index (χ0v) is 16.2. The lowest BCUT2D eigenvalue weighted by molar-refractivity contribution is -0.117. The molecule has 1 aliphatic heterocycles. The lowest BCUT2D eigenvalue weighted by Crippen LogP contribution is -2.24. The molecular formula is C22H22N4O3. The molecule has 1 fully saturated rings. The Morgan fingerprint density at radius 3 is 2.69 bits per heavy atom. The number of hydrogen-bond acceptors (Lipinski definition) is 4. The monoisotopic (exact) mass is 390 g/mol. The minimum Gasteiger partial charge on any atom is -0.495 e. The van der Waals surface area contributed by atoms with Gasteiger partial charge in [0.05, 0.1) is 19.1 Å². The third-order valence-corrected chi connectivity index (χ3v) is 4.94. The van der Waals surface area contributed by atoms with Crippen LogP contribution >= 0.6 is 0 Å². The average Bonchev–Trinajstić information content (AvgIpc) is 3.40. The quantitative estimate of drug-likeness (QED) is 0.701. The van der Waals surface area contributed by atoms with Gasteiger partial charge in [0.25, 0.3) is 5.91 Å². The van der Waals surface area contributed by atoms with Gasteiger partial charge in [0, 0.05) is 43.2 Å². The molecule has 0 aliphatic carbocycles. The minimum atomic E-state index is -0.206. The first-order chi connectivity index (χ1) is 14.1. The number of anilines is 2. The van der Waals surface area contributed by atoms with Gasteiger partial charge in [-0.2, -0.15) is 0 Å². The third kappa shape index (κ3) is 4.13. The van der Waals surface area contributed by atoms with E-state index in [1.165, 1.54) is 0 Å².